The number of nitrogens with zero attached hydrogens (tertiary/aromatic N) is 1. The highest BCUT2D eigenvalue weighted by Gasteiger charge is 2.22. The van der Waals surface area contributed by atoms with Crippen LogP contribution >= 0.6 is 0 Å². The maximum Gasteiger partial charge on any atom is 0.255 e. The van der Waals surface area contributed by atoms with E-state index in [0.717, 1.165) is 32.5 Å². The lowest BCUT2D eigenvalue weighted by atomic mass is 9.97. The van der Waals surface area contributed by atoms with E-state index in [-0.39, 0.29) is 5.91 Å². The van der Waals surface area contributed by atoms with Gasteiger partial charge in [-0.1, -0.05) is 35.9 Å². The topological polar surface area (TPSA) is 50.8 Å². The Balaban J connectivity index is 1.55. The average Bonchev–Trinajstić information content (AvgIpc) is 2.73. The first-order valence-electron chi connectivity index (χ1n) is 9.87. The van der Waals surface area contributed by atoms with Crippen molar-refractivity contribution in [1.82, 2.24) is 10.2 Å². The molecule has 0 saturated carbocycles. The molecule has 1 atom stereocenters. The standard InChI is InChI=1S/C23H30N2O3/c1-17-9-11-18(12-10-17)15-25-13-5-6-19(16-25)14-24-23(26)20-7-4-8-21(27-2)22(20)28-3/h4,7-12,19H,5-6,13-16H2,1-3H3,(H,24,26)/t19-/m1/s1. The van der Waals surface area contributed by atoms with Gasteiger partial charge in [-0.2, -0.15) is 0 Å². The van der Waals surface area contributed by atoms with Gasteiger partial charge in [-0.3, -0.25) is 9.69 Å². The molecule has 0 aromatic heterocycles. The molecule has 150 valence electrons. The largest absolute Gasteiger partial charge is 0.493 e. The van der Waals surface area contributed by atoms with Crippen LogP contribution in [0.25, 0.3) is 0 Å². The molecule has 1 saturated heterocycles. The molecule has 3 rings (SSSR count). The van der Waals surface area contributed by atoms with E-state index in [2.05, 4.69) is 41.4 Å². The minimum absolute atomic E-state index is 0.119. The van der Waals surface area contributed by atoms with Crippen LogP contribution in [-0.2, 0) is 6.54 Å². The van der Waals surface area contributed by atoms with Gasteiger partial charge in [-0.15, -0.1) is 0 Å². The summed E-state index contributed by atoms with van der Waals surface area (Å²) in [5.74, 6) is 1.38. The van der Waals surface area contributed by atoms with Crippen molar-refractivity contribution in [1.29, 1.82) is 0 Å². The highest BCUT2D eigenvalue weighted by molar-refractivity contribution is 5.97. The summed E-state index contributed by atoms with van der Waals surface area (Å²) in [4.78, 5) is 15.2. The second kappa shape index (κ2) is 9.60. The van der Waals surface area contributed by atoms with Crippen LogP contribution in [0.1, 0.15) is 34.3 Å². The summed E-state index contributed by atoms with van der Waals surface area (Å²) < 4.78 is 10.7. The first-order valence-corrected chi connectivity index (χ1v) is 9.87. The number of carbonyl (C=O) groups is 1. The van der Waals surface area contributed by atoms with E-state index in [4.69, 9.17) is 9.47 Å². The number of nitrogens with one attached hydrogen (secondary N) is 1. The number of likely N-dealkylation sites (tertiary alicyclic amines) is 1. The molecular weight excluding hydrogens is 352 g/mol. The Kier molecular flexibility index (Phi) is 6.93. The number of carbonyl (C=O) groups excluding carboxylic acids is 1. The van der Waals surface area contributed by atoms with Gasteiger partial charge >= 0.3 is 0 Å². The van der Waals surface area contributed by atoms with Crippen molar-refractivity contribution >= 4 is 5.91 Å². The molecule has 0 spiro atoms. The third-order valence-corrected chi connectivity index (χ3v) is 5.33. The summed E-state index contributed by atoms with van der Waals surface area (Å²) in [6.45, 7) is 5.87. The van der Waals surface area contributed by atoms with Gasteiger partial charge in [0.1, 0.15) is 0 Å². The fourth-order valence-corrected chi connectivity index (χ4v) is 3.81. The Morgan fingerprint density at radius 3 is 2.64 bits per heavy atom. The Morgan fingerprint density at radius 2 is 1.93 bits per heavy atom. The van der Waals surface area contributed by atoms with Crippen molar-refractivity contribution in [3.8, 4) is 11.5 Å². The quantitative estimate of drug-likeness (QED) is 0.794. The summed E-state index contributed by atoms with van der Waals surface area (Å²) in [6.07, 6.45) is 2.30. The second-order valence-corrected chi connectivity index (χ2v) is 7.48. The summed E-state index contributed by atoms with van der Waals surface area (Å²) in [7, 11) is 3.13. The zero-order chi connectivity index (χ0) is 19.9. The van der Waals surface area contributed by atoms with E-state index in [1.54, 1.807) is 32.4 Å². The molecule has 0 bridgehead atoms. The molecule has 1 amide bonds. The number of aryl methyl sites for hydroxylation is 1. The monoisotopic (exact) mass is 382 g/mol. The molecule has 1 heterocycles. The number of hydrogen-bond donors (Lipinski definition) is 1. The summed E-state index contributed by atoms with van der Waals surface area (Å²) in [5, 5.41) is 3.09. The predicted octanol–water partition coefficient (Wildman–Crippen LogP) is 3.65. The molecule has 1 fully saturated rings. The molecule has 2 aromatic rings. The highest BCUT2D eigenvalue weighted by Crippen LogP contribution is 2.30. The average molecular weight is 383 g/mol. The van der Waals surface area contributed by atoms with Crippen molar-refractivity contribution in [3.63, 3.8) is 0 Å². The number of benzene rings is 2. The van der Waals surface area contributed by atoms with Crippen LogP contribution in [0.3, 0.4) is 0 Å². The maximum absolute atomic E-state index is 12.7. The van der Waals surface area contributed by atoms with Gasteiger partial charge in [-0.05, 0) is 49.9 Å². The lowest BCUT2D eigenvalue weighted by Crippen LogP contribution is -2.40. The Labute approximate surface area is 167 Å². The van der Waals surface area contributed by atoms with Gasteiger partial charge in [-0.25, -0.2) is 0 Å². The van der Waals surface area contributed by atoms with E-state index in [1.807, 2.05) is 0 Å². The lowest BCUT2D eigenvalue weighted by Gasteiger charge is -2.33. The number of rotatable bonds is 7. The van der Waals surface area contributed by atoms with Gasteiger partial charge in [0.2, 0.25) is 0 Å². The molecule has 0 unspecified atom stereocenters. The molecule has 5 heteroatoms. The Bertz CT molecular complexity index is 789. The van der Waals surface area contributed by atoms with E-state index >= 15 is 0 Å². The van der Waals surface area contributed by atoms with Gasteiger partial charge < -0.3 is 14.8 Å². The molecule has 1 aliphatic heterocycles. The highest BCUT2D eigenvalue weighted by atomic mass is 16.5. The minimum Gasteiger partial charge on any atom is -0.493 e. The van der Waals surface area contributed by atoms with E-state index in [9.17, 15) is 4.79 Å². The first-order chi connectivity index (χ1) is 13.6. The number of para-hydroxylation sites is 1. The summed E-state index contributed by atoms with van der Waals surface area (Å²) in [6, 6.07) is 14.1. The third-order valence-electron chi connectivity index (χ3n) is 5.33. The number of amides is 1. The molecular formula is C23H30N2O3. The summed E-state index contributed by atoms with van der Waals surface area (Å²) in [5.41, 5.74) is 3.14. The molecule has 1 aliphatic rings. The van der Waals surface area contributed by atoms with Gasteiger partial charge in [0.15, 0.2) is 11.5 Å². The van der Waals surface area contributed by atoms with Crippen LogP contribution in [0, 0.1) is 12.8 Å². The SMILES string of the molecule is COc1cccc(C(=O)NC[C@H]2CCCN(Cc3ccc(C)cc3)C2)c1OC. The molecule has 2 aromatic carbocycles. The molecule has 0 radical (unpaired) electrons. The van der Waals surface area contributed by atoms with Crippen molar-refractivity contribution in [2.75, 3.05) is 33.9 Å². The number of ether oxygens (including phenoxy) is 2. The summed E-state index contributed by atoms with van der Waals surface area (Å²) >= 11 is 0. The van der Waals surface area contributed by atoms with Crippen LogP contribution in [0.4, 0.5) is 0 Å². The number of methoxy groups -OCH3 is 2. The second-order valence-electron chi connectivity index (χ2n) is 7.48. The fraction of sp³-hybridized carbons (Fsp3) is 0.435. The molecule has 0 aliphatic carbocycles. The molecule has 28 heavy (non-hydrogen) atoms. The van der Waals surface area contributed by atoms with Gasteiger partial charge in [0.05, 0.1) is 19.8 Å². The predicted molar refractivity (Wildman–Crippen MR) is 111 cm³/mol. The van der Waals surface area contributed by atoms with Crippen molar-refractivity contribution in [2.24, 2.45) is 5.92 Å². The molecule has 5 nitrogen and oxygen atoms in total. The first kappa shape index (κ1) is 20.2. The van der Waals surface area contributed by atoms with Crippen molar-refractivity contribution < 1.29 is 14.3 Å². The smallest absolute Gasteiger partial charge is 0.255 e. The van der Waals surface area contributed by atoms with E-state index in [0.29, 0.717) is 29.5 Å². The van der Waals surface area contributed by atoms with Crippen molar-refractivity contribution in [3.05, 3.63) is 59.2 Å². The zero-order valence-electron chi connectivity index (χ0n) is 17.0. The van der Waals surface area contributed by atoms with Crippen LogP contribution in [-0.4, -0.2) is 44.7 Å². The van der Waals surface area contributed by atoms with E-state index in [1.165, 1.54) is 11.1 Å². The van der Waals surface area contributed by atoms with E-state index < -0.39 is 0 Å². The van der Waals surface area contributed by atoms with Crippen molar-refractivity contribution in [2.45, 2.75) is 26.3 Å². The molecule has 1 N–H and O–H groups in total. The van der Waals surface area contributed by atoms with Crippen LogP contribution in [0.5, 0.6) is 11.5 Å². The third kappa shape index (κ3) is 5.04. The number of hydrogen-bond acceptors (Lipinski definition) is 4. The maximum atomic E-state index is 12.7. The minimum atomic E-state index is -0.119. The Hall–Kier alpha value is -2.53. The fourth-order valence-electron chi connectivity index (χ4n) is 3.81. The van der Waals surface area contributed by atoms with Crippen LogP contribution in [0.15, 0.2) is 42.5 Å². The zero-order valence-corrected chi connectivity index (χ0v) is 17.0. The normalized spacial score (nSPS) is 17.2. The van der Waals surface area contributed by atoms with Gasteiger partial charge in [0.25, 0.3) is 5.91 Å². The van der Waals surface area contributed by atoms with Crippen LogP contribution < -0.4 is 14.8 Å². The number of piperidine rings is 1. The Morgan fingerprint density at radius 1 is 1.14 bits per heavy atom. The van der Waals surface area contributed by atoms with Crippen LogP contribution in [0.2, 0.25) is 0 Å². The van der Waals surface area contributed by atoms with Gasteiger partial charge in [0, 0.05) is 19.6 Å². The lowest BCUT2D eigenvalue weighted by molar-refractivity contribution is 0.0927.